The van der Waals surface area contributed by atoms with Crippen LogP contribution in [0.3, 0.4) is 0 Å². The number of methoxy groups -OCH3 is 1. The summed E-state index contributed by atoms with van der Waals surface area (Å²) in [5.41, 5.74) is 3.11. The van der Waals surface area contributed by atoms with Crippen LogP contribution < -0.4 is 5.32 Å². The first kappa shape index (κ1) is 24.0. The van der Waals surface area contributed by atoms with Crippen molar-refractivity contribution in [3.63, 3.8) is 0 Å². The molecule has 0 spiro atoms. The Labute approximate surface area is 186 Å². The highest BCUT2D eigenvalue weighted by atomic mass is 28.3. The van der Waals surface area contributed by atoms with E-state index in [4.69, 9.17) is 4.74 Å². The van der Waals surface area contributed by atoms with Gasteiger partial charge in [0.2, 0.25) is 5.78 Å². The van der Waals surface area contributed by atoms with Crippen LogP contribution in [0.2, 0.25) is 22.7 Å². The summed E-state index contributed by atoms with van der Waals surface area (Å²) in [5.74, 6) is 1.37. The Balaban J connectivity index is 2.00. The van der Waals surface area contributed by atoms with Crippen LogP contribution in [0.1, 0.15) is 99.3 Å². The molecule has 3 nitrogen and oxygen atoms in total. The van der Waals surface area contributed by atoms with Gasteiger partial charge in [0, 0.05) is 12.0 Å². The summed E-state index contributed by atoms with van der Waals surface area (Å²) >= 11 is 0. The van der Waals surface area contributed by atoms with Gasteiger partial charge in [-0.1, -0.05) is 90.3 Å². The van der Waals surface area contributed by atoms with Crippen molar-refractivity contribution in [1.82, 2.24) is 5.32 Å². The van der Waals surface area contributed by atoms with E-state index in [0.29, 0.717) is 28.6 Å². The van der Waals surface area contributed by atoms with E-state index < -0.39 is 8.07 Å². The topological polar surface area (TPSA) is 38.3 Å². The zero-order valence-electron chi connectivity index (χ0n) is 20.8. The average molecular weight is 434 g/mol. The van der Waals surface area contributed by atoms with E-state index in [1.165, 1.54) is 44.1 Å². The molecule has 0 bridgehead atoms. The van der Waals surface area contributed by atoms with Gasteiger partial charge in [-0.15, -0.1) is 0 Å². The molecule has 0 heterocycles. The van der Waals surface area contributed by atoms with Gasteiger partial charge >= 0.3 is 0 Å². The van der Waals surface area contributed by atoms with Crippen molar-refractivity contribution in [2.75, 3.05) is 7.11 Å². The minimum Gasteiger partial charge on any atom is -0.493 e. The highest BCUT2D eigenvalue weighted by Gasteiger charge is 2.58. The Morgan fingerprint density at radius 1 is 0.933 bits per heavy atom. The fourth-order valence-electron chi connectivity index (χ4n) is 7.64. The molecule has 0 saturated heterocycles. The van der Waals surface area contributed by atoms with Crippen molar-refractivity contribution >= 4 is 13.9 Å². The van der Waals surface area contributed by atoms with Crippen molar-refractivity contribution in [2.24, 2.45) is 5.92 Å². The zero-order valence-corrected chi connectivity index (χ0v) is 21.8. The molecule has 3 aliphatic rings. The molecular formula is C26H47NO2Si. The van der Waals surface area contributed by atoms with E-state index >= 15 is 0 Å². The third-order valence-electron chi connectivity index (χ3n) is 9.22. The van der Waals surface area contributed by atoms with Crippen LogP contribution in [0.15, 0.2) is 11.3 Å². The van der Waals surface area contributed by atoms with Gasteiger partial charge in [0.25, 0.3) is 0 Å². The maximum atomic E-state index is 13.9. The monoisotopic (exact) mass is 433 g/mol. The van der Waals surface area contributed by atoms with E-state index in [1.807, 2.05) is 0 Å². The predicted octanol–water partition coefficient (Wildman–Crippen LogP) is 7.00. The fourth-order valence-corrected chi connectivity index (χ4v) is 13.9. The molecule has 2 atom stereocenters. The van der Waals surface area contributed by atoms with Crippen LogP contribution >= 0.6 is 0 Å². The standard InChI is InChI=1S/C26H47NO2Si/c1-18(2)30(19(3)4,20(5)6)17-22-23-15-11-12-16-26(23,25(28)24(22)29-7)27-21-13-9-8-10-14-21/h18-21,23,27H,8-17H2,1-7H3/t23-,26+/m1/s1. The molecule has 2 fully saturated rings. The lowest BCUT2D eigenvalue weighted by molar-refractivity contribution is -0.126. The van der Waals surface area contributed by atoms with Crippen molar-refractivity contribution in [3.8, 4) is 0 Å². The summed E-state index contributed by atoms with van der Waals surface area (Å²) < 4.78 is 5.94. The Hall–Kier alpha value is -0.613. The third kappa shape index (κ3) is 3.96. The minimum atomic E-state index is -1.66. The second kappa shape index (κ2) is 9.48. The van der Waals surface area contributed by atoms with E-state index in [0.717, 1.165) is 31.1 Å². The van der Waals surface area contributed by atoms with Crippen LogP contribution in [-0.2, 0) is 9.53 Å². The smallest absolute Gasteiger partial charge is 0.217 e. The quantitative estimate of drug-likeness (QED) is 0.419. The second-order valence-corrected chi connectivity index (χ2v) is 17.4. The van der Waals surface area contributed by atoms with Crippen molar-refractivity contribution < 1.29 is 9.53 Å². The second-order valence-electron chi connectivity index (χ2n) is 11.4. The van der Waals surface area contributed by atoms with Crippen LogP contribution in [0.25, 0.3) is 0 Å². The zero-order chi connectivity index (χ0) is 22.1. The molecule has 1 N–H and O–H groups in total. The molecule has 0 amide bonds. The maximum absolute atomic E-state index is 13.9. The highest BCUT2D eigenvalue weighted by molar-refractivity contribution is 6.84. The Bertz CT molecular complexity index is 626. The van der Waals surface area contributed by atoms with E-state index in [2.05, 4.69) is 46.9 Å². The summed E-state index contributed by atoms with van der Waals surface area (Å²) in [4.78, 5) is 13.9. The average Bonchev–Trinajstić information content (AvgIpc) is 2.93. The van der Waals surface area contributed by atoms with Crippen LogP contribution in [0.4, 0.5) is 0 Å². The number of carbonyl (C=O) groups is 1. The lowest BCUT2D eigenvalue weighted by atomic mass is 9.71. The number of carbonyl (C=O) groups excluding carboxylic acids is 1. The number of ether oxygens (including phenoxy) is 1. The van der Waals surface area contributed by atoms with Gasteiger partial charge in [0.05, 0.1) is 20.7 Å². The first-order chi connectivity index (χ1) is 14.2. The molecule has 3 aliphatic carbocycles. The Morgan fingerprint density at radius 2 is 1.50 bits per heavy atom. The number of ketones is 1. The molecule has 2 saturated carbocycles. The lowest BCUT2D eigenvalue weighted by Crippen LogP contribution is -2.60. The molecule has 0 unspecified atom stereocenters. The molecule has 0 aromatic heterocycles. The van der Waals surface area contributed by atoms with Crippen molar-refractivity contribution in [1.29, 1.82) is 0 Å². The molecule has 0 aromatic carbocycles. The van der Waals surface area contributed by atoms with E-state index in [1.54, 1.807) is 7.11 Å². The van der Waals surface area contributed by atoms with Gasteiger partial charge in [0.15, 0.2) is 5.76 Å². The van der Waals surface area contributed by atoms with Gasteiger partial charge < -0.3 is 10.1 Å². The number of fused-ring (bicyclic) bond motifs is 1. The van der Waals surface area contributed by atoms with E-state index in [-0.39, 0.29) is 11.3 Å². The molecule has 3 rings (SSSR count). The summed E-state index contributed by atoms with van der Waals surface area (Å²) in [6, 6.07) is 1.64. The Morgan fingerprint density at radius 3 is 2.03 bits per heavy atom. The largest absolute Gasteiger partial charge is 0.493 e. The van der Waals surface area contributed by atoms with Gasteiger partial charge in [-0.3, -0.25) is 4.79 Å². The summed E-state index contributed by atoms with van der Waals surface area (Å²) in [6.45, 7) is 14.6. The predicted molar refractivity (Wildman–Crippen MR) is 130 cm³/mol. The number of hydrogen-bond donors (Lipinski definition) is 1. The van der Waals surface area contributed by atoms with Gasteiger partial charge in [-0.05, 0) is 37.3 Å². The summed E-state index contributed by atoms with van der Waals surface area (Å²) in [7, 11) is 0.0786. The van der Waals surface area contributed by atoms with Crippen molar-refractivity contribution in [3.05, 3.63) is 11.3 Å². The van der Waals surface area contributed by atoms with Crippen LogP contribution in [0.5, 0.6) is 0 Å². The van der Waals surface area contributed by atoms with Gasteiger partial charge in [-0.25, -0.2) is 0 Å². The number of rotatable bonds is 8. The Kier molecular flexibility index (Phi) is 7.60. The number of Topliss-reactive ketones (excluding diaryl/α,β-unsaturated/α-hetero) is 1. The van der Waals surface area contributed by atoms with Crippen molar-refractivity contribution in [2.45, 2.75) is 134 Å². The molecule has 0 aliphatic heterocycles. The number of hydrogen-bond acceptors (Lipinski definition) is 3. The minimum absolute atomic E-state index is 0.287. The summed E-state index contributed by atoms with van der Waals surface area (Å²) in [5, 5.41) is 3.99. The first-order valence-electron chi connectivity index (χ1n) is 12.8. The first-order valence-corrected chi connectivity index (χ1v) is 15.2. The van der Waals surface area contributed by atoms with Gasteiger partial charge in [0.1, 0.15) is 0 Å². The van der Waals surface area contributed by atoms with Crippen LogP contribution in [0, 0.1) is 5.92 Å². The fraction of sp³-hybridized carbons (Fsp3) is 0.885. The molecular weight excluding hydrogens is 386 g/mol. The molecule has 0 aromatic rings. The van der Waals surface area contributed by atoms with Gasteiger partial charge in [-0.2, -0.15) is 0 Å². The molecule has 30 heavy (non-hydrogen) atoms. The highest BCUT2D eigenvalue weighted by Crippen LogP contribution is 2.54. The summed E-state index contributed by atoms with van der Waals surface area (Å²) in [6.07, 6.45) is 10.9. The molecule has 0 radical (unpaired) electrons. The SMILES string of the molecule is COC1=C(C[Si](C(C)C)(C(C)C)C(C)C)[C@H]2CCCC[C@@]2(NC2CCCCC2)C1=O. The normalized spacial score (nSPS) is 28.7. The van der Waals surface area contributed by atoms with E-state index in [9.17, 15) is 4.79 Å². The molecule has 4 heteroatoms. The molecule has 172 valence electrons. The third-order valence-corrected chi connectivity index (χ3v) is 16.7. The maximum Gasteiger partial charge on any atom is 0.217 e. The van der Waals surface area contributed by atoms with Crippen LogP contribution in [-0.4, -0.2) is 32.5 Å². The lowest BCUT2D eigenvalue weighted by Gasteiger charge is -2.47. The number of nitrogens with one attached hydrogen (secondary N) is 1.